The lowest BCUT2D eigenvalue weighted by Crippen LogP contribution is -2.67. The van der Waals surface area contributed by atoms with Gasteiger partial charge < -0.3 is 45.2 Å². The Balaban J connectivity index is 1.34. The zero-order chi connectivity index (χ0) is 34.5. The van der Waals surface area contributed by atoms with Crippen LogP contribution in [0.1, 0.15) is 92.4 Å². The minimum absolute atomic E-state index is 0.0143. The van der Waals surface area contributed by atoms with Gasteiger partial charge in [-0.15, -0.1) is 0 Å². The molecule has 266 valence electrons. The predicted molar refractivity (Wildman–Crippen MR) is 168 cm³/mol. The van der Waals surface area contributed by atoms with Crippen LogP contribution in [0.4, 0.5) is 0 Å². The van der Waals surface area contributed by atoms with Crippen molar-refractivity contribution in [3.8, 4) is 0 Å². The Kier molecular flexibility index (Phi) is 8.70. The quantitative estimate of drug-likeness (QED) is 0.211. The van der Waals surface area contributed by atoms with E-state index in [1.165, 1.54) is 0 Å². The fourth-order valence-corrected chi connectivity index (χ4v) is 11.9. The Morgan fingerprint density at radius 2 is 1.55 bits per heavy atom. The SMILES string of the molecule is C[C@]1(C(=O)O[C@@H]2O[C@H](CO)[C@@H](O)[C@H](O)[C@H]2O)CC[C@]2(CO)CC[C@]3(C)C(=CC(=O)[C@@H]4[C@@]5(C)CC[C@H](O)[C@@](C)(CO)[C@@H]5CC[C@]43C)[C@@H]2C1. The summed E-state index contributed by atoms with van der Waals surface area (Å²) >= 11 is 0. The average molecular weight is 665 g/mol. The molecule has 5 fully saturated rings. The molecule has 1 heterocycles. The topological polar surface area (TPSA) is 194 Å². The van der Waals surface area contributed by atoms with Gasteiger partial charge in [0.1, 0.15) is 24.4 Å². The average Bonchev–Trinajstić information content (AvgIpc) is 3.04. The van der Waals surface area contributed by atoms with E-state index in [2.05, 4.69) is 20.8 Å². The fraction of sp³-hybridized carbons (Fsp3) is 0.889. The van der Waals surface area contributed by atoms with Crippen molar-refractivity contribution in [1.29, 1.82) is 0 Å². The third-order valence-corrected chi connectivity index (χ3v) is 15.3. The largest absolute Gasteiger partial charge is 0.432 e. The number of rotatable bonds is 5. The highest BCUT2D eigenvalue weighted by Gasteiger charge is 2.71. The molecule has 11 nitrogen and oxygen atoms in total. The highest BCUT2D eigenvalue weighted by molar-refractivity contribution is 5.95. The number of carbonyl (C=O) groups is 2. The molecule has 0 unspecified atom stereocenters. The molecule has 0 radical (unpaired) electrons. The maximum absolute atomic E-state index is 14.6. The van der Waals surface area contributed by atoms with Crippen molar-refractivity contribution in [3.63, 3.8) is 0 Å². The summed E-state index contributed by atoms with van der Waals surface area (Å²) in [7, 11) is 0. The van der Waals surface area contributed by atoms with E-state index in [1.807, 2.05) is 13.0 Å². The minimum Gasteiger partial charge on any atom is -0.432 e. The maximum atomic E-state index is 14.6. The van der Waals surface area contributed by atoms with Gasteiger partial charge in [0.15, 0.2) is 5.78 Å². The number of carbonyl (C=O) groups excluding carboxylic acids is 2. The van der Waals surface area contributed by atoms with Crippen molar-refractivity contribution >= 4 is 11.8 Å². The molecule has 0 bridgehead atoms. The number of ketones is 1. The first-order valence-electron chi connectivity index (χ1n) is 17.6. The molecule has 11 heteroatoms. The molecule has 0 spiro atoms. The fourth-order valence-electron chi connectivity index (χ4n) is 11.9. The predicted octanol–water partition coefficient (Wildman–Crippen LogP) is 1.62. The van der Waals surface area contributed by atoms with E-state index < -0.39 is 81.9 Å². The molecular weight excluding hydrogens is 608 g/mol. The number of hydrogen-bond acceptors (Lipinski definition) is 11. The van der Waals surface area contributed by atoms with Crippen LogP contribution in [-0.2, 0) is 19.1 Å². The third kappa shape index (κ3) is 4.74. The number of ether oxygens (including phenoxy) is 2. The molecule has 5 aliphatic carbocycles. The molecule has 6 rings (SSSR count). The molecule has 7 N–H and O–H groups in total. The second-order valence-corrected chi connectivity index (χ2v) is 17.4. The van der Waals surface area contributed by atoms with Gasteiger partial charge in [-0.25, -0.2) is 0 Å². The Hall–Kier alpha value is -1.44. The number of allylic oxidation sites excluding steroid dienone is 2. The van der Waals surface area contributed by atoms with E-state index in [0.717, 1.165) is 31.3 Å². The van der Waals surface area contributed by atoms with E-state index in [-0.39, 0.29) is 36.8 Å². The van der Waals surface area contributed by atoms with Crippen LogP contribution in [0.2, 0.25) is 0 Å². The standard InChI is InChI=1S/C36H56O11/c1-31(30(45)47-29-27(44)26(43)25(42)22(16-37)46-29)10-12-36(18-39)13-11-34(4)19(20(36)15-31)14-21(40)28-32(2)8-7-24(41)33(3,17-38)23(32)6-9-35(28,34)5/h14,20,22-29,37-39,41-44H,6-13,15-18H2,1-5H3/t20-,22+,23+,24-,25+,26-,27+,28+,29-,31-,32-,33-,34+,35+,36+/m0/s1. The van der Waals surface area contributed by atoms with Crippen LogP contribution in [-0.4, -0.2) is 104 Å². The zero-order valence-electron chi connectivity index (χ0n) is 28.5. The molecule has 0 aromatic heterocycles. The first-order valence-corrected chi connectivity index (χ1v) is 17.6. The van der Waals surface area contributed by atoms with Crippen molar-refractivity contribution < 1.29 is 54.8 Å². The normalized spacial score (nSPS) is 54.3. The van der Waals surface area contributed by atoms with E-state index in [0.29, 0.717) is 32.1 Å². The van der Waals surface area contributed by atoms with Gasteiger partial charge in [-0.1, -0.05) is 33.3 Å². The molecule has 47 heavy (non-hydrogen) atoms. The summed E-state index contributed by atoms with van der Waals surface area (Å²) in [5.41, 5.74) is -2.50. The van der Waals surface area contributed by atoms with Crippen LogP contribution in [0.15, 0.2) is 11.6 Å². The van der Waals surface area contributed by atoms with Crippen molar-refractivity contribution in [2.24, 2.45) is 50.2 Å². The van der Waals surface area contributed by atoms with Crippen LogP contribution in [0.5, 0.6) is 0 Å². The molecule has 0 aromatic rings. The lowest BCUT2D eigenvalue weighted by molar-refractivity contribution is -0.296. The van der Waals surface area contributed by atoms with E-state index >= 15 is 0 Å². The third-order valence-electron chi connectivity index (χ3n) is 15.3. The van der Waals surface area contributed by atoms with E-state index in [1.54, 1.807) is 6.92 Å². The van der Waals surface area contributed by atoms with Gasteiger partial charge in [0.25, 0.3) is 0 Å². The number of esters is 1. The summed E-state index contributed by atoms with van der Waals surface area (Å²) in [6.07, 6.45) is -1.00. The zero-order valence-corrected chi connectivity index (χ0v) is 28.5. The van der Waals surface area contributed by atoms with Crippen LogP contribution in [0.3, 0.4) is 0 Å². The van der Waals surface area contributed by atoms with Gasteiger partial charge >= 0.3 is 5.97 Å². The molecule has 15 atom stereocenters. The van der Waals surface area contributed by atoms with Crippen molar-refractivity contribution in [3.05, 3.63) is 11.6 Å². The number of fused-ring (bicyclic) bond motifs is 7. The first kappa shape index (κ1) is 35.4. The Bertz CT molecular complexity index is 1300. The van der Waals surface area contributed by atoms with E-state index in [9.17, 15) is 45.3 Å². The Morgan fingerprint density at radius 1 is 0.872 bits per heavy atom. The Morgan fingerprint density at radius 3 is 2.19 bits per heavy atom. The summed E-state index contributed by atoms with van der Waals surface area (Å²) in [6, 6.07) is 0. The van der Waals surface area contributed by atoms with Gasteiger partial charge in [-0.2, -0.15) is 0 Å². The van der Waals surface area contributed by atoms with Crippen LogP contribution in [0, 0.1) is 50.2 Å². The smallest absolute Gasteiger partial charge is 0.314 e. The van der Waals surface area contributed by atoms with Crippen molar-refractivity contribution in [1.82, 2.24) is 0 Å². The summed E-state index contributed by atoms with van der Waals surface area (Å²) in [5, 5.41) is 73.0. The number of hydrogen-bond donors (Lipinski definition) is 7. The molecular formula is C36H56O11. The maximum Gasteiger partial charge on any atom is 0.314 e. The monoisotopic (exact) mass is 664 g/mol. The highest BCUT2D eigenvalue weighted by atomic mass is 16.7. The summed E-state index contributed by atoms with van der Waals surface area (Å²) in [6.45, 7) is 9.58. The van der Waals surface area contributed by atoms with Gasteiger partial charge in [-0.3, -0.25) is 9.59 Å². The summed E-state index contributed by atoms with van der Waals surface area (Å²) in [4.78, 5) is 28.5. The lowest BCUT2D eigenvalue weighted by atomic mass is 9.33. The molecule has 0 aromatic carbocycles. The molecule has 6 aliphatic rings. The molecule has 0 amide bonds. The minimum atomic E-state index is -1.71. The molecule has 1 aliphatic heterocycles. The highest BCUT2D eigenvalue weighted by Crippen LogP contribution is 2.75. The number of aliphatic hydroxyl groups excluding tert-OH is 7. The van der Waals surface area contributed by atoms with Crippen molar-refractivity contribution in [2.75, 3.05) is 19.8 Å². The number of aliphatic hydroxyl groups is 7. The van der Waals surface area contributed by atoms with Crippen LogP contribution in [0.25, 0.3) is 0 Å². The molecule has 1 saturated heterocycles. The van der Waals surface area contributed by atoms with Crippen LogP contribution >= 0.6 is 0 Å². The van der Waals surface area contributed by atoms with Crippen molar-refractivity contribution in [2.45, 2.75) is 129 Å². The Labute approximate surface area is 277 Å². The second kappa shape index (κ2) is 11.5. The summed E-state index contributed by atoms with van der Waals surface area (Å²) in [5.74, 6) is -1.19. The van der Waals surface area contributed by atoms with Crippen LogP contribution < -0.4 is 0 Å². The second-order valence-electron chi connectivity index (χ2n) is 17.4. The first-order chi connectivity index (χ1) is 21.9. The molecule has 4 saturated carbocycles. The van der Waals surface area contributed by atoms with Gasteiger partial charge in [0, 0.05) is 23.4 Å². The van der Waals surface area contributed by atoms with Gasteiger partial charge in [0.05, 0.1) is 24.7 Å². The van der Waals surface area contributed by atoms with E-state index in [4.69, 9.17) is 9.47 Å². The summed E-state index contributed by atoms with van der Waals surface area (Å²) < 4.78 is 11.1. The van der Waals surface area contributed by atoms with Gasteiger partial charge in [0.2, 0.25) is 6.29 Å². The lowest BCUT2D eigenvalue weighted by Gasteiger charge is -2.70. The van der Waals surface area contributed by atoms with Gasteiger partial charge in [-0.05, 0) is 98.9 Å².